The van der Waals surface area contributed by atoms with Crippen molar-refractivity contribution in [3.05, 3.63) is 33.1 Å². The third-order valence-electron chi connectivity index (χ3n) is 3.25. The number of carbonyl (C=O) groups excluding carboxylic acids is 1. The van der Waals surface area contributed by atoms with Gasteiger partial charge in [-0.2, -0.15) is 0 Å². The molecule has 0 bridgehead atoms. The summed E-state index contributed by atoms with van der Waals surface area (Å²) in [5.74, 6) is -0.0546. The molecule has 1 aliphatic heterocycles. The maximum Gasteiger partial charge on any atom is 0.254 e. The number of halogens is 3. The Balaban J connectivity index is 2.16. The Morgan fingerprint density at radius 3 is 2.89 bits per heavy atom. The number of alkyl halides is 1. The van der Waals surface area contributed by atoms with Crippen LogP contribution in [0.15, 0.2) is 18.2 Å². The van der Waals surface area contributed by atoms with Crippen molar-refractivity contribution in [2.45, 2.75) is 18.7 Å². The summed E-state index contributed by atoms with van der Waals surface area (Å²) in [7, 11) is 0. The van der Waals surface area contributed by atoms with E-state index < -0.39 is 0 Å². The van der Waals surface area contributed by atoms with Crippen molar-refractivity contribution in [2.75, 3.05) is 13.1 Å². The first-order valence-electron chi connectivity index (χ1n) is 5.87. The number of nitrogens with zero attached hydrogens (tertiary/aromatic N) is 1. The van der Waals surface area contributed by atoms with Gasteiger partial charge in [0.1, 0.15) is 5.82 Å². The van der Waals surface area contributed by atoms with Gasteiger partial charge >= 0.3 is 0 Å². The molecule has 98 valence electrons. The summed E-state index contributed by atoms with van der Waals surface area (Å²) in [5, 5.41) is 0.140. The highest BCUT2D eigenvalue weighted by Crippen LogP contribution is 2.24. The Bertz CT molecular complexity index is 468. The van der Waals surface area contributed by atoms with Crippen molar-refractivity contribution in [1.82, 2.24) is 4.90 Å². The van der Waals surface area contributed by atoms with Gasteiger partial charge in [0.15, 0.2) is 0 Å². The maximum absolute atomic E-state index is 13.0. The number of hydrogen-bond acceptors (Lipinski definition) is 1. The second kappa shape index (κ2) is 5.74. The monoisotopic (exact) mass is 381 g/mol. The predicted molar refractivity (Wildman–Crippen MR) is 78.4 cm³/mol. The maximum atomic E-state index is 13.0. The molecule has 1 fully saturated rings. The third kappa shape index (κ3) is 2.96. The van der Waals surface area contributed by atoms with E-state index in [1.165, 1.54) is 12.1 Å². The lowest BCUT2D eigenvalue weighted by Crippen LogP contribution is -2.43. The molecule has 0 spiro atoms. The molecule has 2 rings (SSSR count). The third-order valence-corrected chi connectivity index (χ3v) is 4.79. The van der Waals surface area contributed by atoms with Gasteiger partial charge in [-0.05, 0) is 53.1 Å². The first-order valence-corrected chi connectivity index (χ1v) is 7.39. The molecule has 1 saturated heterocycles. The molecule has 0 aliphatic carbocycles. The summed E-state index contributed by atoms with van der Waals surface area (Å²) in [5.41, 5.74) is 0.567. The van der Waals surface area contributed by atoms with Crippen LogP contribution in [-0.4, -0.2) is 29.3 Å². The van der Waals surface area contributed by atoms with Gasteiger partial charge in [0.05, 0.1) is 5.56 Å². The van der Waals surface area contributed by atoms with E-state index in [1.54, 1.807) is 11.0 Å². The van der Waals surface area contributed by atoms with Gasteiger partial charge in [-0.25, -0.2) is 4.39 Å². The van der Waals surface area contributed by atoms with Crippen LogP contribution in [0.25, 0.3) is 0 Å². The molecular weight excluding hydrogens is 368 g/mol. The smallest absolute Gasteiger partial charge is 0.254 e. The molecule has 2 nitrogen and oxygen atoms in total. The highest BCUT2D eigenvalue weighted by molar-refractivity contribution is 14.1. The average molecular weight is 382 g/mol. The molecule has 1 aromatic carbocycles. The average Bonchev–Trinajstić information content (AvgIpc) is 2.32. The van der Waals surface area contributed by atoms with Crippen LogP contribution in [0, 0.1) is 15.3 Å². The topological polar surface area (TPSA) is 20.3 Å². The van der Waals surface area contributed by atoms with Gasteiger partial charge in [-0.3, -0.25) is 4.79 Å². The summed E-state index contributed by atoms with van der Waals surface area (Å²) in [6, 6.07) is 4.26. The second-order valence-corrected chi connectivity index (χ2v) is 6.38. The minimum absolute atomic E-state index is 0.0326. The first-order chi connectivity index (χ1) is 8.49. The van der Waals surface area contributed by atoms with E-state index >= 15 is 0 Å². The van der Waals surface area contributed by atoms with E-state index in [0.29, 0.717) is 28.1 Å². The Morgan fingerprint density at radius 1 is 1.56 bits per heavy atom. The molecule has 2 unspecified atom stereocenters. The van der Waals surface area contributed by atoms with E-state index in [1.807, 2.05) is 29.5 Å². The molecule has 2 atom stereocenters. The van der Waals surface area contributed by atoms with Crippen molar-refractivity contribution >= 4 is 40.1 Å². The van der Waals surface area contributed by atoms with Crippen LogP contribution in [-0.2, 0) is 0 Å². The molecular formula is C13H14ClFINO. The minimum Gasteiger partial charge on any atom is -0.338 e. The molecule has 0 radical (unpaired) electrons. The molecule has 0 N–H and O–H groups in total. The standard InChI is InChI=1S/C13H14ClFINO/c1-8-7-17(5-4-11(8)14)13(18)10-3-2-9(15)6-12(10)16/h2-3,6,8,11H,4-5,7H2,1H3. The zero-order chi connectivity index (χ0) is 13.3. The van der Waals surface area contributed by atoms with Crippen LogP contribution in [0.2, 0.25) is 0 Å². The summed E-state index contributed by atoms with van der Waals surface area (Å²) >= 11 is 8.14. The highest BCUT2D eigenvalue weighted by atomic mass is 127. The van der Waals surface area contributed by atoms with Gasteiger partial charge in [0.25, 0.3) is 5.91 Å². The van der Waals surface area contributed by atoms with Crippen LogP contribution in [0.3, 0.4) is 0 Å². The van der Waals surface area contributed by atoms with Crippen LogP contribution < -0.4 is 0 Å². The van der Waals surface area contributed by atoms with Crippen LogP contribution in [0.4, 0.5) is 4.39 Å². The van der Waals surface area contributed by atoms with Crippen molar-refractivity contribution in [3.8, 4) is 0 Å². The number of hydrogen-bond donors (Lipinski definition) is 0. The summed E-state index contributed by atoms with van der Waals surface area (Å²) in [6.45, 7) is 3.39. The SMILES string of the molecule is CC1CN(C(=O)c2ccc(F)cc2I)CCC1Cl. The van der Waals surface area contributed by atoms with Gasteiger partial charge in [0, 0.05) is 22.0 Å². The molecule has 1 aromatic rings. The second-order valence-electron chi connectivity index (χ2n) is 4.66. The van der Waals surface area contributed by atoms with E-state index in [0.717, 1.165) is 6.42 Å². The first kappa shape index (κ1) is 14.1. The lowest BCUT2D eigenvalue weighted by atomic mass is 9.99. The number of amides is 1. The van der Waals surface area contributed by atoms with Crippen molar-refractivity contribution in [2.24, 2.45) is 5.92 Å². The molecule has 1 aliphatic rings. The lowest BCUT2D eigenvalue weighted by Gasteiger charge is -2.34. The van der Waals surface area contributed by atoms with Crippen molar-refractivity contribution in [1.29, 1.82) is 0 Å². The van der Waals surface area contributed by atoms with E-state index in [2.05, 4.69) is 0 Å². The molecule has 5 heteroatoms. The van der Waals surface area contributed by atoms with Gasteiger partial charge < -0.3 is 4.90 Å². The van der Waals surface area contributed by atoms with E-state index in [9.17, 15) is 9.18 Å². The minimum atomic E-state index is -0.316. The van der Waals surface area contributed by atoms with Crippen LogP contribution >= 0.6 is 34.2 Å². The lowest BCUT2D eigenvalue weighted by molar-refractivity contribution is 0.0686. The summed E-state index contributed by atoms with van der Waals surface area (Å²) in [4.78, 5) is 14.1. The van der Waals surface area contributed by atoms with E-state index in [-0.39, 0.29) is 17.1 Å². The molecule has 1 amide bonds. The Kier molecular flexibility index (Phi) is 4.48. The number of piperidine rings is 1. The molecule has 0 aromatic heterocycles. The van der Waals surface area contributed by atoms with Crippen molar-refractivity contribution < 1.29 is 9.18 Å². The van der Waals surface area contributed by atoms with Gasteiger partial charge in [0.2, 0.25) is 0 Å². The normalized spacial score (nSPS) is 24.1. The van der Waals surface area contributed by atoms with E-state index in [4.69, 9.17) is 11.6 Å². The predicted octanol–water partition coefficient (Wildman–Crippen LogP) is 3.52. The summed E-state index contributed by atoms with van der Waals surface area (Å²) < 4.78 is 13.7. The number of carbonyl (C=O) groups is 1. The fraction of sp³-hybridized carbons (Fsp3) is 0.462. The Morgan fingerprint density at radius 2 is 2.28 bits per heavy atom. The van der Waals surface area contributed by atoms with Gasteiger partial charge in [-0.15, -0.1) is 11.6 Å². The highest BCUT2D eigenvalue weighted by Gasteiger charge is 2.28. The fourth-order valence-corrected chi connectivity index (χ4v) is 3.02. The summed E-state index contributed by atoms with van der Waals surface area (Å²) in [6.07, 6.45) is 0.812. The Labute approximate surface area is 125 Å². The zero-order valence-corrected chi connectivity index (χ0v) is 12.9. The Hall–Kier alpha value is -0.360. The number of rotatable bonds is 1. The molecule has 0 saturated carbocycles. The quantitative estimate of drug-likeness (QED) is 0.538. The molecule has 1 heterocycles. The zero-order valence-electron chi connectivity index (χ0n) is 10.00. The fourth-order valence-electron chi connectivity index (χ4n) is 2.13. The number of likely N-dealkylation sites (tertiary alicyclic amines) is 1. The van der Waals surface area contributed by atoms with Crippen LogP contribution in [0.1, 0.15) is 23.7 Å². The molecule has 18 heavy (non-hydrogen) atoms. The van der Waals surface area contributed by atoms with Crippen molar-refractivity contribution in [3.63, 3.8) is 0 Å². The van der Waals surface area contributed by atoms with Crippen LogP contribution in [0.5, 0.6) is 0 Å². The van der Waals surface area contributed by atoms with Gasteiger partial charge in [-0.1, -0.05) is 6.92 Å². The number of benzene rings is 1. The largest absolute Gasteiger partial charge is 0.338 e.